The van der Waals surface area contributed by atoms with Crippen LogP contribution in [0.1, 0.15) is 31.4 Å². The van der Waals surface area contributed by atoms with Crippen molar-refractivity contribution >= 4 is 40.7 Å². The number of nitrogens with one attached hydrogen (secondary N) is 2. The van der Waals surface area contributed by atoms with Crippen LogP contribution in [0.3, 0.4) is 0 Å². The minimum absolute atomic E-state index is 0. The van der Waals surface area contributed by atoms with Crippen LogP contribution in [-0.2, 0) is 11.3 Å². The summed E-state index contributed by atoms with van der Waals surface area (Å²) in [4.78, 5) is 8.89. The number of hydrogen-bond donors (Lipinski definition) is 2. The van der Waals surface area contributed by atoms with Crippen molar-refractivity contribution in [3.8, 4) is 0 Å². The van der Waals surface area contributed by atoms with Gasteiger partial charge in [0.15, 0.2) is 5.96 Å². The van der Waals surface area contributed by atoms with Crippen LogP contribution in [0.5, 0.6) is 0 Å². The third-order valence-corrected chi connectivity index (χ3v) is 5.28. The number of benzene rings is 1. The smallest absolute Gasteiger partial charge is 0.191 e. The molecule has 1 aromatic heterocycles. The molecule has 0 saturated heterocycles. The summed E-state index contributed by atoms with van der Waals surface area (Å²) in [6.07, 6.45) is 6.83. The largest absolute Gasteiger partial charge is 0.385 e. The van der Waals surface area contributed by atoms with Crippen LogP contribution < -0.4 is 10.6 Å². The lowest BCUT2D eigenvalue weighted by Gasteiger charge is -2.42. The van der Waals surface area contributed by atoms with Gasteiger partial charge in [0.05, 0.1) is 12.2 Å². The Bertz CT molecular complexity index is 725. The van der Waals surface area contributed by atoms with E-state index < -0.39 is 0 Å². The molecule has 1 fully saturated rings. The second-order valence-corrected chi connectivity index (χ2v) is 6.85. The average Bonchev–Trinajstić information content (AvgIpc) is 2.63. The molecule has 6 heteroatoms. The molecule has 0 atom stereocenters. The van der Waals surface area contributed by atoms with Crippen molar-refractivity contribution < 1.29 is 4.74 Å². The third-order valence-electron chi connectivity index (χ3n) is 5.28. The standard InChI is InChI=1S/C20H28N4O.HI/c1-21-19(24-15-20(9-5-10-20)11-13-25-2)23-14-18-17-7-4-3-6-16(17)8-12-22-18;/h3-4,6-8,12H,5,9-11,13-15H2,1-2H3,(H2,21,23,24);1H. The molecule has 5 nitrogen and oxygen atoms in total. The van der Waals surface area contributed by atoms with Gasteiger partial charge in [0.2, 0.25) is 0 Å². The SMILES string of the molecule is CN=C(NCc1nccc2ccccc12)NCC1(CCOC)CCC1.I. The highest BCUT2D eigenvalue weighted by molar-refractivity contribution is 14.0. The van der Waals surface area contributed by atoms with E-state index in [9.17, 15) is 0 Å². The zero-order valence-corrected chi connectivity index (χ0v) is 18.0. The third kappa shape index (κ3) is 5.07. The number of rotatable bonds is 7. The molecule has 1 heterocycles. The normalized spacial score (nSPS) is 15.8. The maximum atomic E-state index is 5.27. The Balaban J connectivity index is 0.00000243. The summed E-state index contributed by atoms with van der Waals surface area (Å²) in [5, 5.41) is 9.29. The molecule has 2 aromatic rings. The average molecular weight is 468 g/mol. The van der Waals surface area contributed by atoms with Crippen molar-refractivity contribution in [2.24, 2.45) is 10.4 Å². The van der Waals surface area contributed by atoms with Crippen molar-refractivity contribution in [2.45, 2.75) is 32.2 Å². The maximum Gasteiger partial charge on any atom is 0.191 e. The highest BCUT2D eigenvalue weighted by Crippen LogP contribution is 2.43. The molecule has 3 rings (SSSR count). The molecule has 1 aliphatic carbocycles. The zero-order valence-electron chi connectivity index (χ0n) is 15.6. The van der Waals surface area contributed by atoms with Gasteiger partial charge in [-0.15, -0.1) is 24.0 Å². The predicted octanol–water partition coefficient (Wildman–Crippen LogP) is 3.72. The van der Waals surface area contributed by atoms with Crippen molar-refractivity contribution in [2.75, 3.05) is 27.3 Å². The Morgan fingerprint density at radius 2 is 2.04 bits per heavy atom. The molecule has 1 aromatic carbocycles. The molecule has 0 aliphatic heterocycles. The summed E-state index contributed by atoms with van der Waals surface area (Å²) in [7, 11) is 3.59. The molecule has 0 spiro atoms. The van der Waals surface area contributed by atoms with E-state index in [1.165, 1.54) is 30.0 Å². The Labute approximate surface area is 173 Å². The predicted molar refractivity (Wildman–Crippen MR) is 118 cm³/mol. The van der Waals surface area contributed by atoms with E-state index in [0.717, 1.165) is 31.2 Å². The lowest BCUT2D eigenvalue weighted by atomic mass is 9.67. The summed E-state index contributed by atoms with van der Waals surface area (Å²) in [5.74, 6) is 0.832. The number of guanidine groups is 1. The number of nitrogens with zero attached hydrogens (tertiary/aromatic N) is 2. The maximum absolute atomic E-state index is 5.27. The number of ether oxygens (including phenoxy) is 1. The van der Waals surface area contributed by atoms with E-state index in [0.29, 0.717) is 12.0 Å². The van der Waals surface area contributed by atoms with Gasteiger partial charge in [0.25, 0.3) is 0 Å². The van der Waals surface area contributed by atoms with E-state index >= 15 is 0 Å². The number of hydrogen-bond acceptors (Lipinski definition) is 3. The fourth-order valence-corrected chi connectivity index (χ4v) is 3.49. The van der Waals surface area contributed by atoms with Gasteiger partial charge in [-0.25, -0.2) is 0 Å². The highest BCUT2D eigenvalue weighted by atomic mass is 127. The van der Waals surface area contributed by atoms with E-state index in [4.69, 9.17) is 4.74 Å². The van der Waals surface area contributed by atoms with Crippen molar-refractivity contribution in [3.05, 3.63) is 42.2 Å². The second kappa shape index (κ2) is 10.1. The second-order valence-electron chi connectivity index (χ2n) is 6.85. The summed E-state index contributed by atoms with van der Waals surface area (Å²) >= 11 is 0. The number of fused-ring (bicyclic) bond motifs is 1. The molecular weight excluding hydrogens is 439 g/mol. The Morgan fingerprint density at radius 3 is 2.73 bits per heavy atom. The van der Waals surface area contributed by atoms with E-state index in [1.54, 1.807) is 7.11 Å². The first-order chi connectivity index (χ1) is 12.3. The minimum Gasteiger partial charge on any atom is -0.385 e. The van der Waals surface area contributed by atoms with Crippen LogP contribution in [0.25, 0.3) is 10.8 Å². The summed E-state index contributed by atoms with van der Waals surface area (Å²) in [5.41, 5.74) is 1.41. The van der Waals surface area contributed by atoms with Crippen LogP contribution >= 0.6 is 24.0 Å². The molecule has 1 aliphatic rings. The fraction of sp³-hybridized carbons (Fsp3) is 0.500. The Kier molecular flexibility index (Phi) is 8.09. The van der Waals surface area contributed by atoms with Crippen LogP contribution in [0, 0.1) is 5.41 Å². The quantitative estimate of drug-likeness (QED) is 0.370. The molecule has 0 bridgehead atoms. The molecule has 142 valence electrons. The molecule has 1 saturated carbocycles. The van der Waals surface area contributed by atoms with Crippen molar-refractivity contribution in [1.82, 2.24) is 15.6 Å². The molecule has 2 N–H and O–H groups in total. The van der Waals surface area contributed by atoms with Crippen LogP contribution in [0.2, 0.25) is 0 Å². The first-order valence-corrected chi connectivity index (χ1v) is 9.02. The summed E-state index contributed by atoms with van der Waals surface area (Å²) in [6, 6.07) is 10.4. The van der Waals surface area contributed by atoms with Crippen LogP contribution in [-0.4, -0.2) is 38.3 Å². The fourth-order valence-electron chi connectivity index (χ4n) is 3.49. The van der Waals surface area contributed by atoms with Gasteiger partial charge in [0, 0.05) is 38.9 Å². The topological polar surface area (TPSA) is 58.5 Å². The molecular formula is C20H29IN4O. The lowest BCUT2D eigenvalue weighted by Crippen LogP contribution is -2.46. The van der Waals surface area contributed by atoms with Gasteiger partial charge in [-0.05, 0) is 36.1 Å². The number of methoxy groups -OCH3 is 1. The summed E-state index contributed by atoms with van der Waals surface area (Å²) in [6.45, 7) is 2.43. The van der Waals surface area contributed by atoms with Gasteiger partial charge in [0.1, 0.15) is 0 Å². The highest BCUT2D eigenvalue weighted by Gasteiger charge is 2.36. The van der Waals surface area contributed by atoms with Crippen molar-refractivity contribution in [1.29, 1.82) is 0 Å². The van der Waals surface area contributed by atoms with Crippen LogP contribution in [0.15, 0.2) is 41.5 Å². The molecule has 0 unspecified atom stereocenters. The monoisotopic (exact) mass is 468 g/mol. The van der Waals surface area contributed by atoms with E-state index in [1.807, 2.05) is 19.3 Å². The molecule has 26 heavy (non-hydrogen) atoms. The zero-order chi connectivity index (χ0) is 17.5. The van der Waals surface area contributed by atoms with Gasteiger partial charge in [-0.3, -0.25) is 9.98 Å². The van der Waals surface area contributed by atoms with Gasteiger partial charge in [-0.1, -0.05) is 30.7 Å². The molecule has 0 amide bonds. The molecule has 0 radical (unpaired) electrons. The Morgan fingerprint density at radius 1 is 1.23 bits per heavy atom. The van der Waals surface area contributed by atoms with Crippen molar-refractivity contribution in [3.63, 3.8) is 0 Å². The van der Waals surface area contributed by atoms with E-state index in [2.05, 4.69) is 44.9 Å². The Hall–Kier alpha value is -1.41. The lowest BCUT2D eigenvalue weighted by molar-refractivity contribution is 0.0732. The number of aliphatic imine (C=N–C) groups is 1. The van der Waals surface area contributed by atoms with Gasteiger partial charge in [-0.2, -0.15) is 0 Å². The van der Waals surface area contributed by atoms with Crippen LogP contribution in [0.4, 0.5) is 0 Å². The van der Waals surface area contributed by atoms with Gasteiger partial charge < -0.3 is 15.4 Å². The number of pyridine rings is 1. The number of halogens is 1. The first-order valence-electron chi connectivity index (χ1n) is 9.02. The summed E-state index contributed by atoms with van der Waals surface area (Å²) < 4.78 is 5.27. The first kappa shape index (κ1) is 20.9. The van der Waals surface area contributed by atoms with E-state index in [-0.39, 0.29) is 24.0 Å². The number of aromatic nitrogens is 1. The minimum atomic E-state index is 0. The van der Waals surface area contributed by atoms with Gasteiger partial charge >= 0.3 is 0 Å².